The van der Waals surface area contributed by atoms with Crippen molar-refractivity contribution in [3.8, 4) is 0 Å². The predicted octanol–water partition coefficient (Wildman–Crippen LogP) is 0.283. The van der Waals surface area contributed by atoms with Crippen molar-refractivity contribution in [3.63, 3.8) is 0 Å². The quantitative estimate of drug-likeness (QED) is 0.624. The lowest BCUT2D eigenvalue weighted by atomic mass is 9.93. The third-order valence-electron chi connectivity index (χ3n) is 2.36. The van der Waals surface area contributed by atoms with Gasteiger partial charge >= 0.3 is 0 Å². The fourth-order valence-electron chi connectivity index (χ4n) is 1.58. The van der Waals surface area contributed by atoms with Gasteiger partial charge in [-0.3, -0.25) is 9.59 Å². The summed E-state index contributed by atoms with van der Waals surface area (Å²) in [6.07, 6.45) is 0.400. The molecule has 0 saturated carbocycles. The van der Waals surface area contributed by atoms with Gasteiger partial charge in [0.1, 0.15) is 5.92 Å². The summed E-state index contributed by atoms with van der Waals surface area (Å²) in [5.74, 6) is -1.61. The maximum atomic E-state index is 11.4. The highest BCUT2D eigenvalue weighted by atomic mass is 16.2. The second-order valence-electron chi connectivity index (χ2n) is 3.31. The summed E-state index contributed by atoms with van der Waals surface area (Å²) in [7, 11) is 0. The van der Waals surface area contributed by atoms with Gasteiger partial charge in [-0.15, -0.1) is 0 Å². The number of para-hydroxylation sites is 1. The van der Waals surface area contributed by atoms with Crippen LogP contribution in [-0.2, 0) is 16.0 Å². The third-order valence-corrected chi connectivity index (χ3v) is 2.36. The van der Waals surface area contributed by atoms with Crippen molar-refractivity contribution in [2.24, 2.45) is 11.7 Å². The number of carbonyl (C=O) groups is 2. The normalized spacial score (nSPS) is 19.7. The number of benzene rings is 1. The highest BCUT2D eigenvalue weighted by Crippen LogP contribution is 2.24. The Hall–Kier alpha value is -1.84. The molecular formula is C10H10N2O2. The van der Waals surface area contributed by atoms with Crippen LogP contribution in [0.2, 0.25) is 0 Å². The first-order chi connectivity index (χ1) is 6.68. The average molecular weight is 190 g/mol. The Bertz CT molecular complexity index is 401. The number of anilines is 1. The minimum Gasteiger partial charge on any atom is -0.369 e. The van der Waals surface area contributed by atoms with Gasteiger partial charge in [0.2, 0.25) is 11.8 Å². The summed E-state index contributed by atoms with van der Waals surface area (Å²) >= 11 is 0. The van der Waals surface area contributed by atoms with Crippen LogP contribution in [0.1, 0.15) is 5.56 Å². The maximum absolute atomic E-state index is 11.4. The van der Waals surface area contributed by atoms with Crippen molar-refractivity contribution in [1.82, 2.24) is 0 Å². The molecule has 0 spiro atoms. The van der Waals surface area contributed by atoms with E-state index in [4.69, 9.17) is 5.73 Å². The molecule has 1 aromatic carbocycles. The lowest BCUT2D eigenvalue weighted by Gasteiger charge is -2.21. The number of amides is 2. The van der Waals surface area contributed by atoms with E-state index in [1.165, 1.54) is 0 Å². The zero-order valence-corrected chi connectivity index (χ0v) is 7.49. The Kier molecular flexibility index (Phi) is 1.96. The van der Waals surface area contributed by atoms with Gasteiger partial charge in [0.15, 0.2) is 0 Å². The molecule has 0 radical (unpaired) electrons. The van der Waals surface area contributed by atoms with Crippen molar-refractivity contribution in [3.05, 3.63) is 29.8 Å². The molecule has 1 aromatic rings. The van der Waals surface area contributed by atoms with E-state index in [0.717, 1.165) is 11.3 Å². The Labute approximate surface area is 81.1 Å². The molecule has 1 atom stereocenters. The van der Waals surface area contributed by atoms with E-state index >= 15 is 0 Å². The van der Waals surface area contributed by atoms with E-state index in [9.17, 15) is 9.59 Å². The Morgan fingerprint density at radius 3 is 2.86 bits per heavy atom. The molecule has 2 amide bonds. The second kappa shape index (κ2) is 3.14. The summed E-state index contributed by atoms with van der Waals surface area (Å²) in [4.78, 5) is 22.3. The molecule has 2 rings (SSSR count). The molecule has 1 heterocycles. The van der Waals surface area contributed by atoms with Crippen LogP contribution >= 0.6 is 0 Å². The number of nitrogens with two attached hydrogens (primary N) is 1. The smallest absolute Gasteiger partial charge is 0.237 e. The van der Waals surface area contributed by atoms with Crippen molar-refractivity contribution >= 4 is 17.5 Å². The lowest BCUT2D eigenvalue weighted by molar-refractivity contribution is -0.130. The predicted molar refractivity (Wildman–Crippen MR) is 51.5 cm³/mol. The van der Waals surface area contributed by atoms with Crippen LogP contribution in [0.5, 0.6) is 0 Å². The van der Waals surface area contributed by atoms with Gasteiger partial charge in [-0.1, -0.05) is 18.2 Å². The highest BCUT2D eigenvalue weighted by molar-refractivity contribution is 6.08. The minimum atomic E-state index is -0.732. The molecule has 72 valence electrons. The van der Waals surface area contributed by atoms with Gasteiger partial charge in [-0.25, -0.2) is 0 Å². The Balaban J connectivity index is 2.36. The van der Waals surface area contributed by atoms with Crippen molar-refractivity contribution in [1.29, 1.82) is 0 Å². The topological polar surface area (TPSA) is 72.2 Å². The Morgan fingerprint density at radius 1 is 1.43 bits per heavy atom. The average Bonchev–Trinajstić information content (AvgIpc) is 2.16. The molecule has 1 aliphatic rings. The molecule has 14 heavy (non-hydrogen) atoms. The molecule has 4 nitrogen and oxygen atoms in total. The number of rotatable bonds is 1. The molecule has 0 aromatic heterocycles. The SMILES string of the molecule is NC(=O)[C@H]1Cc2ccccc2NC1=O. The van der Waals surface area contributed by atoms with Crippen LogP contribution in [-0.4, -0.2) is 11.8 Å². The number of hydrogen-bond acceptors (Lipinski definition) is 2. The van der Waals surface area contributed by atoms with Gasteiger partial charge in [0.05, 0.1) is 0 Å². The lowest BCUT2D eigenvalue weighted by Crippen LogP contribution is -2.39. The second-order valence-corrected chi connectivity index (χ2v) is 3.31. The molecule has 3 N–H and O–H groups in total. The van der Waals surface area contributed by atoms with Crippen LogP contribution < -0.4 is 11.1 Å². The fraction of sp³-hybridized carbons (Fsp3) is 0.200. The largest absolute Gasteiger partial charge is 0.369 e. The van der Waals surface area contributed by atoms with Crippen molar-refractivity contribution < 1.29 is 9.59 Å². The maximum Gasteiger partial charge on any atom is 0.237 e. The van der Waals surface area contributed by atoms with Crippen LogP contribution in [0.4, 0.5) is 5.69 Å². The van der Waals surface area contributed by atoms with E-state index in [1.807, 2.05) is 24.3 Å². The third kappa shape index (κ3) is 1.35. The zero-order valence-electron chi connectivity index (χ0n) is 7.49. The van der Waals surface area contributed by atoms with Crippen LogP contribution in [0.15, 0.2) is 24.3 Å². The molecule has 1 aliphatic heterocycles. The van der Waals surface area contributed by atoms with Gasteiger partial charge in [-0.2, -0.15) is 0 Å². The standard InChI is InChI=1S/C10H10N2O2/c11-9(13)7-5-6-3-1-2-4-8(6)12-10(7)14/h1-4,7H,5H2,(H2,11,13)(H,12,14)/t7-/m1/s1. The summed E-state index contributed by atoms with van der Waals surface area (Å²) < 4.78 is 0. The first-order valence-corrected chi connectivity index (χ1v) is 4.36. The molecular weight excluding hydrogens is 180 g/mol. The zero-order chi connectivity index (χ0) is 10.1. The fourth-order valence-corrected chi connectivity index (χ4v) is 1.58. The van der Waals surface area contributed by atoms with E-state index < -0.39 is 11.8 Å². The number of fused-ring (bicyclic) bond motifs is 1. The summed E-state index contributed by atoms with van der Waals surface area (Å²) in [5.41, 5.74) is 6.84. The van der Waals surface area contributed by atoms with Gasteiger partial charge < -0.3 is 11.1 Å². The number of carbonyl (C=O) groups excluding carboxylic acids is 2. The number of nitrogens with one attached hydrogen (secondary N) is 1. The van der Waals surface area contributed by atoms with E-state index in [-0.39, 0.29) is 5.91 Å². The monoisotopic (exact) mass is 190 g/mol. The molecule has 0 fully saturated rings. The number of primary amides is 1. The van der Waals surface area contributed by atoms with Crippen LogP contribution in [0.25, 0.3) is 0 Å². The van der Waals surface area contributed by atoms with Gasteiger partial charge in [0, 0.05) is 5.69 Å². The summed E-state index contributed by atoms with van der Waals surface area (Å²) in [6, 6.07) is 7.40. The minimum absolute atomic E-state index is 0.309. The highest BCUT2D eigenvalue weighted by Gasteiger charge is 2.29. The van der Waals surface area contributed by atoms with Gasteiger partial charge in [-0.05, 0) is 18.1 Å². The molecule has 4 heteroatoms. The van der Waals surface area contributed by atoms with E-state index in [2.05, 4.69) is 5.32 Å². The summed E-state index contributed by atoms with van der Waals surface area (Å²) in [5, 5.41) is 2.65. The Morgan fingerprint density at radius 2 is 2.14 bits per heavy atom. The van der Waals surface area contributed by atoms with E-state index in [0.29, 0.717) is 6.42 Å². The summed E-state index contributed by atoms with van der Waals surface area (Å²) in [6.45, 7) is 0. The molecule has 0 saturated heterocycles. The first kappa shape index (κ1) is 8.74. The van der Waals surface area contributed by atoms with E-state index in [1.54, 1.807) is 0 Å². The van der Waals surface area contributed by atoms with Crippen molar-refractivity contribution in [2.45, 2.75) is 6.42 Å². The van der Waals surface area contributed by atoms with Gasteiger partial charge in [0.25, 0.3) is 0 Å². The molecule has 0 bridgehead atoms. The number of hydrogen-bond donors (Lipinski definition) is 2. The molecule has 0 aliphatic carbocycles. The van der Waals surface area contributed by atoms with Crippen molar-refractivity contribution in [2.75, 3.05) is 5.32 Å². The van der Waals surface area contributed by atoms with Crippen LogP contribution in [0.3, 0.4) is 0 Å². The first-order valence-electron chi connectivity index (χ1n) is 4.36. The van der Waals surface area contributed by atoms with Crippen LogP contribution in [0, 0.1) is 5.92 Å². The molecule has 0 unspecified atom stereocenters.